The minimum atomic E-state index is -0.0858. The van der Waals surface area contributed by atoms with Crippen LogP contribution in [0.2, 0.25) is 0 Å². The highest BCUT2D eigenvalue weighted by atomic mass is 32.2. The number of hydrogen-bond donors (Lipinski definition) is 1. The van der Waals surface area contributed by atoms with E-state index < -0.39 is 0 Å². The first-order valence-electron chi connectivity index (χ1n) is 9.59. The normalized spacial score (nSPS) is 10.9. The molecule has 0 spiro atoms. The number of rotatable bonds is 6. The first-order valence-corrected chi connectivity index (χ1v) is 10.6. The summed E-state index contributed by atoms with van der Waals surface area (Å²) >= 11 is 1.35. The number of aromatic nitrogens is 3. The maximum absolute atomic E-state index is 12.6. The number of para-hydroxylation sites is 1. The molecular weight excluding hydrogens is 396 g/mol. The van der Waals surface area contributed by atoms with Crippen LogP contribution in [0.15, 0.2) is 70.4 Å². The van der Waals surface area contributed by atoms with E-state index in [4.69, 9.17) is 4.42 Å². The second-order valence-corrected chi connectivity index (χ2v) is 7.89. The van der Waals surface area contributed by atoms with Crippen molar-refractivity contribution in [2.75, 3.05) is 11.1 Å². The van der Waals surface area contributed by atoms with Crippen molar-refractivity contribution >= 4 is 23.4 Å². The molecule has 4 rings (SSSR count). The molecule has 2 aromatic heterocycles. The zero-order valence-corrected chi connectivity index (χ0v) is 17.9. The van der Waals surface area contributed by atoms with E-state index in [1.807, 2.05) is 79.9 Å². The number of nitrogens with one attached hydrogen (secondary N) is 1. The van der Waals surface area contributed by atoms with Crippen LogP contribution < -0.4 is 5.32 Å². The molecule has 2 heterocycles. The molecule has 1 amide bonds. The van der Waals surface area contributed by atoms with Crippen LogP contribution in [0, 0.1) is 20.8 Å². The summed E-state index contributed by atoms with van der Waals surface area (Å²) in [6.07, 6.45) is 1.64. The highest BCUT2D eigenvalue weighted by Gasteiger charge is 2.19. The fourth-order valence-corrected chi connectivity index (χ4v) is 3.92. The Morgan fingerprint density at radius 2 is 1.83 bits per heavy atom. The van der Waals surface area contributed by atoms with Gasteiger partial charge in [0.1, 0.15) is 5.76 Å². The molecule has 0 bridgehead atoms. The maximum Gasteiger partial charge on any atom is 0.234 e. The molecule has 2 aromatic carbocycles. The fraction of sp³-hybridized carbons (Fsp3) is 0.174. The summed E-state index contributed by atoms with van der Waals surface area (Å²) in [5.41, 5.74) is 4.85. The topological polar surface area (TPSA) is 73.0 Å². The molecule has 0 radical (unpaired) electrons. The average molecular weight is 419 g/mol. The lowest BCUT2D eigenvalue weighted by molar-refractivity contribution is -0.113. The van der Waals surface area contributed by atoms with Crippen molar-refractivity contribution in [3.63, 3.8) is 0 Å². The second kappa shape index (κ2) is 8.59. The van der Waals surface area contributed by atoms with Gasteiger partial charge in [-0.3, -0.25) is 9.36 Å². The number of carbonyl (C=O) groups excluding carboxylic acids is 1. The Balaban J connectivity index is 1.59. The van der Waals surface area contributed by atoms with Crippen LogP contribution in [0.25, 0.3) is 17.1 Å². The highest BCUT2D eigenvalue weighted by Crippen LogP contribution is 2.30. The molecule has 0 saturated heterocycles. The third kappa shape index (κ3) is 4.02. The van der Waals surface area contributed by atoms with Crippen LogP contribution in [0.5, 0.6) is 0 Å². The van der Waals surface area contributed by atoms with Crippen LogP contribution in [-0.4, -0.2) is 26.4 Å². The van der Waals surface area contributed by atoms with Crippen LogP contribution in [0.3, 0.4) is 0 Å². The number of hydrogen-bond acceptors (Lipinski definition) is 5. The maximum atomic E-state index is 12.6. The smallest absolute Gasteiger partial charge is 0.234 e. The Labute approximate surface area is 179 Å². The van der Waals surface area contributed by atoms with Gasteiger partial charge in [0.25, 0.3) is 0 Å². The first-order chi connectivity index (χ1) is 14.5. The van der Waals surface area contributed by atoms with Gasteiger partial charge >= 0.3 is 0 Å². The number of anilines is 1. The van der Waals surface area contributed by atoms with E-state index in [0.29, 0.717) is 11.0 Å². The van der Waals surface area contributed by atoms with Gasteiger partial charge in [-0.2, -0.15) is 0 Å². The van der Waals surface area contributed by atoms with Crippen molar-refractivity contribution < 1.29 is 9.21 Å². The third-order valence-electron chi connectivity index (χ3n) is 4.96. The summed E-state index contributed by atoms with van der Waals surface area (Å²) < 4.78 is 7.40. The number of benzene rings is 2. The SMILES string of the molecule is Cc1cccc(NC(=O)CSc2nnc(-c3ccoc3C)n2-c2ccccc2)c1C. The van der Waals surface area contributed by atoms with E-state index in [1.54, 1.807) is 6.26 Å². The summed E-state index contributed by atoms with van der Waals surface area (Å²) in [6.45, 7) is 5.93. The molecule has 0 unspecified atom stereocenters. The summed E-state index contributed by atoms with van der Waals surface area (Å²) in [5, 5.41) is 12.4. The first kappa shape index (κ1) is 20.0. The van der Waals surface area contributed by atoms with Gasteiger partial charge in [-0.25, -0.2) is 0 Å². The molecule has 0 aliphatic carbocycles. The Hall–Kier alpha value is -3.32. The lowest BCUT2D eigenvalue weighted by Gasteiger charge is -2.11. The van der Waals surface area contributed by atoms with E-state index in [2.05, 4.69) is 15.5 Å². The Kier molecular flexibility index (Phi) is 5.72. The number of amides is 1. The average Bonchev–Trinajstić information content (AvgIpc) is 3.36. The Morgan fingerprint density at radius 1 is 1.03 bits per heavy atom. The summed E-state index contributed by atoms with van der Waals surface area (Å²) in [4.78, 5) is 12.6. The van der Waals surface area contributed by atoms with E-state index in [1.165, 1.54) is 11.8 Å². The summed E-state index contributed by atoms with van der Waals surface area (Å²) in [5.74, 6) is 1.59. The predicted octanol–water partition coefficient (Wildman–Crippen LogP) is 5.18. The van der Waals surface area contributed by atoms with Crippen molar-refractivity contribution in [3.8, 4) is 17.1 Å². The van der Waals surface area contributed by atoms with Crippen LogP contribution in [0.4, 0.5) is 5.69 Å². The monoisotopic (exact) mass is 418 g/mol. The third-order valence-corrected chi connectivity index (χ3v) is 5.89. The predicted molar refractivity (Wildman–Crippen MR) is 119 cm³/mol. The molecule has 0 saturated carbocycles. The van der Waals surface area contributed by atoms with Crippen molar-refractivity contribution in [1.82, 2.24) is 14.8 Å². The molecule has 0 atom stereocenters. The van der Waals surface area contributed by atoms with Gasteiger partial charge in [0.15, 0.2) is 11.0 Å². The molecule has 30 heavy (non-hydrogen) atoms. The number of aryl methyl sites for hydroxylation is 2. The lowest BCUT2D eigenvalue weighted by atomic mass is 10.1. The number of furan rings is 1. The Morgan fingerprint density at radius 3 is 2.57 bits per heavy atom. The van der Waals surface area contributed by atoms with Crippen LogP contribution in [0.1, 0.15) is 16.9 Å². The quantitative estimate of drug-likeness (QED) is 0.437. The summed E-state index contributed by atoms with van der Waals surface area (Å²) in [6, 6.07) is 17.6. The molecule has 0 aliphatic heterocycles. The zero-order valence-electron chi connectivity index (χ0n) is 17.0. The lowest BCUT2D eigenvalue weighted by Crippen LogP contribution is -2.15. The van der Waals surface area contributed by atoms with Crippen molar-refractivity contribution in [2.45, 2.75) is 25.9 Å². The minimum Gasteiger partial charge on any atom is -0.469 e. The standard InChI is InChI=1S/C23H22N4O2S/c1-15-8-7-11-20(16(15)2)24-21(28)14-30-23-26-25-22(19-12-13-29-17(19)3)27(23)18-9-5-4-6-10-18/h4-13H,14H2,1-3H3,(H,24,28). The van der Waals surface area contributed by atoms with Crippen molar-refractivity contribution in [1.29, 1.82) is 0 Å². The highest BCUT2D eigenvalue weighted by molar-refractivity contribution is 7.99. The van der Waals surface area contributed by atoms with Gasteiger partial charge < -0.3 is 9.73 Å². The second-order valence-electron chi connectivity index (χ2n) is 6.95. The molecule has 152 valence electrons. The molecule has 1 N–H and O–H groups in total. The molecule has 0 fully saturated rings. The number of nitrogens with zero attached hydrogens (tertiary/aromatic N) is 3. The molecule has 6 nitrogen and oxygen atoms in total. The zero-order chi connectivity index (χ0) is 21.1. The van der Waals surface area contributed by atoms with E-state index in [-0.39, 0.29) is 11.7 Å². The number of carbonyl (C=O) groups is 1. The summed E-state index contributed by atoms with van der Waals surface area (Å²) in [7, 11) is 0. The van der Waals surface area contributed by atoms with E-state index in [0.717, 1.165) is 33.8 Å². The molecule has 0 aliphatic rings. The largest absolute Gasteiger partial charge is 0.469 e. The van der Waals surface area contributed by atoms with E-state index >= 15 is 0 Å². The van der Waals surface area contributed by atoms with Gasteiger partial charge in [0.05, 0.1) is 17.6 Å². The van der Waals surface area contributed by atoms with Crippen LogP contribution in [-0.2, 0) is 4.79 Å². The minimum absolute atomic E-state index is 0.0858. The van der Waals surface area contributed by atoms with Gasteiger partial charge in [-0.15, -0.1) is 10.2 Å². The van der Waals surface area contributed by atoms with Crippen LogP contribution >= 0.6 is 11.8 Å². The molecule has 4 aromatic rings. The van der Waals surface area contributed by atoms with Gasteiger partial charge in [-0.1, -0.05) is 42.1 Å². The van der Waals surface area contributed by atoms with E-state index in [9.17, 15) is 4.79 Å². The number of thioether (sulfide) groups is 1. The van der Waals surface area contributed by atoms with Gasteiger partial charge in [-0.05, 0) is 56.2 Å². The van der Waals surface area contributed by atoms with Gasteiger partial charge in [0.2, 0.25) is 5.91 Å². The molecular formula is C23H22N4O2S. The van der Waals surface area contributed by atoms with Crippen molar-refractivity contribution in [3.05, 3.63) is 77.7 Å². The van der Waals surface area contributed by atoms with Gasteiger partial charge in [0, 0.05) is 11.4 Å². The Bertz CT molecular complexity index is 1180. The molecule has 7 heteroatoms. The van der Waals surface area contributed by atoms with Crippen molar-refractivity contribution in [2.24, 2.45) is 0 Å². The fourth-order valence-electron chi connectivity index (χ4n) is 3.17.